The molecule has 1 unspecified atom stereocenters. The first-order chi connectivity index (χ1) is 9.13. The number of halogens is 1. The maximum Gasteiger partial charge on any atom is 0.129 e. The molecule has 0 saturated heterocycles. The Bertz CT molecular complexity index is 610. The van der Waals surface area contributed by atoms with Crippen LogP contribution in [0.1, 0.15) is 36.1 Å². The molecule has 98 valence electrons. The Hall–Kier alpha value is -2.12. The third kappa shape index (κ3) is 3.01. The summed E-state index contributed by atoms with van der Waals surface area (Å²) >= 11 is 0. The van der Waals surface area contributed by atoms with Crippen molar-refractivity contribution in [3.8, 4) is 6.07 Å². The van der Waals surface area contributed by atoms with Gasteiger partial charge in [-0.25, -0.2) is 4.39 Å². The highest BCUT2D eigenvalue weighted by atomic mass is 19.1. The molecule has 0 amide bonds. The van der Waals surface area contributed by atoms with Gasteiger partial charge in [0.05, 0.1) is 11.6 Å². The second-order valence-corrected chi connectivity index (χ2v) is 4.55. The number of nitrogens with two attached hydrogens (primary N) is 1. The van der Waals surface area contributed by atoms with Gasteiger partial charge in [0.25, 0.3) is 0 Å². The van der Waals surface area contributed by atoms with Crippen molar-refractivity contribution in [2.75, 3.05) is 0 Å². The van der Waals surface area contributed by atoms with Gasteiger partial charge in [0.2, 0.25) is 0 Å². The lowest BCUT2D eigenvalue weighted by atomic mass is 10.1. The van der Waals surface area contributed by atoms with Crippen LogP contribution in [0, 0.1) is 17.1 Å². The summed E-state index contributed by atoms with van der Waals surface area (Å²) in [6, 6.07) is 8.43. The molecule has 1 aromatic carbocycles. The molecule has 0 aliphatic rings. The van der Waals surface area contributed by atoms with Gasteiger partial charge in [-0.2, -0.15) is 5.26 Å². The standard InChI is InChI=1S/C15H16FN3/c1-2-15(18)13-5-6-19(10-13)9-12-4-3-11(8-17)7-14(12)16/h3-7,10,15H,2,9,18H2,1H3. The molecule has 0 aliphatic heterocycles. The van der Waals surface area contributed by atoms with Crippen molar-refractivity contribution in [3.05, 3.63) is 59.2 Å². The maximum atomic E-state index is 13.8. The predicted molar refractivity (Wildman–Crippen MR) is 71.9 cm³/mol. The van der Waals surface area contributed by atoms with Crippen LogP contribution in [0.15, 0.2) is 36.7 Å². The van der Waals surface area contributed by atoms with Crippen LogP contribution < -0.4 is 5.73 Å². The summed E-state index contributed by atoms with van der Waals surface area (Å²) in [5.41, 5.74) is 7.89. The van der Waals surface area contributed by atoms with Gasteiger partial charge in [0.15, 0.2) is 0 Å². The van der Waals surface area contributed by atoms with E-state index in [0.29, 0.717) is 17.7 Å². The molecular formula is C15H16FN3. The van der Waals surface area contributed by atoms with Gasteiger partial charge in [-0.05, 0) is 30.2 Å². The van der Waals surface area contributed by atoms with E-state index in [-0.39, 0.29) is 11.9 Å². The first-order valence-corrected chi connectivity index (χ1v) is 6.23. The average Bonchev–Trinajstić information content (AvgIpc) is 2.88. The summed E-state index contributed by atoms with van der Waals surface area (Å²) in [4.78, 5) is 0. The molecule has 1 heterocycles. The summed E-state index contributed by atoms with van der Waals surface area (Å²) < 4.78 is 15.7. The van der Waals surface area contributed by atoms with Gasteiger partial charge in [-0.3, -0.25) is 0 Å². The van der Waals surface area contributed by atoms with E-state index in [0.717, 1.165) is 12.0 Å². The summed E-state index contributed by atoms with van der Waals surface area (Å²) in [6.07, 6.45) is 4.70. The highest BCUT2D eigenvalue weighted by Gasteiger charge is 2.07. The quantitative estimate of drug-likeness (QED) is 0.915. The van der Waals surface area contributed by atoms with Crippen LogP contribution >= 0.6 is 0 Å². The molecular weight excluding hydrogens is 241 g/mol. The number of rotatable bonds is 4. The average molecular weight is 257 g/mol. The van der Waals surface area contributed by atoms with Crippen molar-refractivity contribution in [2.24, 2.45) is 5.73 Å². The van der Waals surface area contributed by atoms with Crippen LogP contribution in [-0.2, 0) is 6.54 Å². The number of benzene rings is 1. The topological polar surface area (TPSA) is 54.7 Å². The SMILES string of the molecule is CCC(N)c1ccn(Cc2ccc(C#N)cc2F)c1. The third-order valence-corrected chi connectivity index (χ3v) is 3.18. The van der Waals surface area contributed by atoms with Crippen LogP contribution in [-0.4, -0.2) is 4.57 Å². The Morgan fingerprint density at radius 2 is 2.21 bits per heavy atom. The molecule has 19 heavy (non-hydrogen) atoms. The molecule has 0 saturated carbocycles. The number of aromatic nitrogens is 1. The number of nitriles is 1. The van der Waals surface area contributed by atoms with Gasteiger partial charge < -0.3 is 10.3 Å². The molecule has 0 spiro atoms. The monoisotopic (exact) mass is 257 g/mol. The minimum atomic E-state index is -0.353. The van der Waals surface area contributed by atoms with E-state index in [1.807, 2.05) is 36.0 Å². The molecule has 0 aliphatic carbocycles. The summed E-state index contributed by atoms with van der Waals surface area (Å²) in [5, 5.41) is 8.70. The number of nitrogens with zero attached hydrogens (tertiary/aromatic N) is 2. The van der Waals surface area contributed by atoms with Gasteiger partial charge in [0, 0.05) is 30.5 Å². The van der Waals surface area contributed by atoms with Gasteiger partial charge in [-0.15, -0.1) is 0 Å². The van der Waals surface area contributed by atoms with E-state index in [4.69, 9.17) is 11.0 Å². The van der Waals surface area contributed by atoms with Crippen LogP contribution in [0.4, 0.5) is 4.39 Å². The van der Waals surface area contributed by atoms with Crippen LogP contribution in [0.3, 0.4) is 0 Å². The number of hydrogen-bond acceptors (Lipinski definition) is 2. The molecule has 3 nitrogen and oxygen atoms in total. The minimum absolute atomic E-state index is 0.0204. The zero-order valence-corrected chi connectivity index (χ0v) is 10.8. The highest BCUT2D eigenvalue weighted by Crippen LogP contribution is 2.16. The molecule has 2 N–H and O–H groups in total. The smallest absolute Gasteiger partial charge is 0.129 e. The Morgan fingerprint density at radius 3 is 2.84 bits per heavy atom. The maximum absolute atomic E-state index is 13.8. The fourth-order valence-electron chi connectivity index (χ4n) is 1.95. The second kappa shape index (κ2) is 5.68. The predicted octanol–water partition coefficient (Wildman–Crippen LogP) is 2.96. The van der Waals surface area contributed by atoms with Crippen molar-refractivity contribution < 1.29 is 4.39 Å². The van der Waals surface area contributed by atoms with E-state index in [1.165, 1.54) is 6.07 Å². The zero-order chi connectivity index (χ0) is 13.8. The fourth-order valence-corrected chi connectivity index (χ4v) is 1.95. The molecule has 0 bridgehead atoms. The summed E-state index contributed by atoms with van der Waals surface area (Å²) in [5.74, 6) is -0.353. The van der Waals surface area contributed by atoms with Crippen LogP contribution in [0.5, 0.6) is 0 Å². The largest absolute Gasteiger partial charge is 0.349 e. The minimum Gasteiger partial charge on any atom is -0.349 e. The molecule has 0 radical (unpaired) electrons. The Labute approximate surface area is 112 Å². The summed E-state index contributed by atoms with van der Waals surface area (Å²) in [7, 11) is 0. The Kier molecular flexibility index (Phi) is 3.98. The first-order valence-electron chi connectivity index (χ1n) is 6.23. The van der Waals surface area contributed by atoms with E-state index in [2.05, 4.69) is 0 Å². The van der Waals surface area contributed by atoms with Gasteiger partial charge in [-0.1, -0.05) is 13.0 Å². The van der Waals surface area contributed by atoms with Crippen molar-refractivity contribution in [2.45, 2.75) is 25.9 Å². The van der Waals surface area contributed by atoms with Crippen molar-refractivity contribution in [1.29, 1.82) is 5.26 Å². The van der Waals surface area contributed by atoms with E-state index in [1.54, 1.807) is 12.1 Å². The normalized spacial score (nSPS) is 12.1. The highest BCUT2D eigenvalue weighted by molar-refractivity contribution is 5.33. The first kappa shape index (κ1) is 13.3. The summed E-state index contributed by atoms with van der Waals surface area (Å²) in [6.45, 7) is 2.47. The van der Waals surface area contributed by atoms with E-state index in [9.17, 15) is 4.39 Å². The second-order valence-electron chi connectivity index (χ2n) is 4.55. The Balaban J connectivity index is 2.17. The Morgan fingerprint density at radius 1 is 1.42 bits per heavy atom. The lowest BCUT2D eigenvalue weighted by molar-refractivity contribution is 0.598. The zero-order valence-electron chi connectivity index (χ0n) is 10.8. The fraction of sp³-hybridized carbons (Fsp3) is 0.267. The molecule has 1 aromatic heterocycles. The molecule has 2 rings (SSSR count). The van der Waals surface area contributed by atoms with Crippen LogP contribution in [0.25, 0.3) is 0 Å². The molecule has 0 fully saturated rings. The van der Waals surface area contributed by atoms with E-state index < -0.39 is 0 Å². The van der Waals surface area contributed by atoms with Crippen molar-refractivity contribution in [1.82, 2.24) is 4.57 Å². The van der Waals surface area contributed by atoms with Crippen molar-refractivity contribution in [3.63, 3.8) is 0 Å². The van der Waals surface area contributed by atoms with Gasteiger partial charge >= 0.3 is 0 Å². The van der Waals surface area contributed by atoms with Crippen molar-refractivity contribution >= 4 is 0 Å². The van der Waals surface area contributed by atoms with Gasteiger partial charge in [0.1, 0.15) is 5.82 Å². The number of hydrogen-bond donors (Lipinski definition) is 1. The third-order valence-electron chi connectivity index (χ3n) is 3.18. The lowest BCUT2D eigenvalue weighted by Crippen LogP contribution is -2.07. The van der Waals surface area contributed by atoms with E-state index >= 15 is 0 Å². The lowest BCUT2D eigenvalue weighted by Gasteiger charge is -2.07. The molecule has 2 aromatic rings. The molecule has 1 atom stereocenters. The molecule has 4 heteroatoms. The van der Waals surface area contributed by atoms with Crippen LogP contribution in [0.2, 0.25) is 0 Å².